The van der Waals surface area contributed by atoms with Crippen molar-refractivity contribution in [2.24, 2.45) is 5.92 Å². The summed E-state index contributed by atoms with van der Waals surface area (Å²) in [5.74, 6) is 1.93. The van der Waals surface area contributed by atoms with Crippen LogP contribution in [0.25, 0.3) is 0 Å². The van der Waals surface area contributed by atoms with Crippen molar-refractivity contribution in [1.82, 2.24) is 0 Å². The van der Waals surface area contributed by atoms with Gasteiger partial charge in [-0.25, -0.2) is 0 Å². The zero-order valence-electron chi connectivity index (χ0n) is 17.8. The largest absolute Gasteiger partial charge is 0.505 e. The van der Waals surface area contributed by atoms with Gasteiger partial charge in [0.1, 0.15) is 5.75 Å². The summed E-state index contributed by atoms with van der Waals surface area (Å²) >= 11 is 0. The number of hydrogen-bond donors (Lipinski definition) is 0. The zero-order chi connectivity index (χ0) is 19.3. The minimum absolute atomic E-state index is 0.853. The van der Waals surface area contributed by atoms with E-state index in [2.05, 4.69) is 43.7 Å². The zero-order valence-corrected chi connectivity index (χ0v) is 17.8. The predicted octanol–water partition coefficient (Wildman–Crippen LogP) is 7.56. The van der Waals surface area contributed by atoms with Gasteiger partial charge in [0.25, 0.3) is 0 Å². The lowest BCUT2D eigenvalue weighted by Crippen LogP contribution is -2.01. The second-order valence-corrected chi connectivity index (χ2v) is 5.93. The number of rotatable bonds is 10. The second-order valence-electron chi connectivity index (χ2n) is 5.93. The van der Waals surface area contributed by atoms with Crippen molar-refractivity contribution in [2.45, 2.75) is 80.1 Å². The Morgan fingerprint density at radius 3 is 2.28 bits per heavy atom. The lowest BCUT2D eigenvalue weighted by Gasteiger charge is -2.13. The molecule has 0 aliphatic heterocycles. The first kappa shape index (κ1) is 25.8. The molecule has 0 amide bonds. The number of hydrogen-bond acceptors (Lipinski definition) is 2. The maximum Gasteiger partial charge on any atom is 0.119 e. The Hall–Kier alpha value is -1.44. The van der Waals surface area contributed by atoms with Crippen molar-refractivity contribution in [3.8, 4) is 5.75 Å². The third-order valence-corrected chi connectivity index (χ3v) is 3.81. The maximum absolute atomic E-state index is 5.76. The maximum atomic E-state index is 5.76. The van der Waals surface area contributed by atoms with E-state index < -0.39 is 0 Å². The SMILES string of the molecule is C/C=C/OC.CC.CCCC(CC)CCCCOc1cccc(C)c1. The van der Waals surface area contributed by atoms with Gasteiger partial charge in [-0.1, -0.05) is 71.6 Å². The number of aryl methyl sites for hydroxylation is 1. The van der Waals surface area contributed by atoms with Gasteiger partial charge in [0.05, 0.1) is 20.0 Å². The molecule has 146 valence electrons. The second kappa shape index (κ2) is 20.6. The molecule has 1 rings (SSSR count). The monoisotopic (exact) mass is 350 g/mol. The average Bonchev–Trinajstić information content (AvgIpc) is 2.63. The van der Waals surface area contributed by atoms with Crippen molar-refractivity contribution in [1.29, 1.82) is 0 Å². The summed E-state index contributed by atoms with van der Waals surface area (Å²) in [6, 6.07) is 8.30. The molecule has 0 spiro atoms. The van der Waals surface area contributed by atoms with E-state index in [1.54, 1.807) is 13.4 Å². The van der Waals surface area contributed by atoms with Crippen LogP contribution in [0, 0.1) is 12.8 Å². The van der Waals surface area contributed by atoms with Crippen molar-refractivity contribution >= 4 is 0 Å². The van der Waals surface area contributed by atoms with Crippen molar-refractivity contribution in [3.05, 3.63) is 42.2 Å². The molecule has 0 N–H and O–H groups in total. The van der Waals surface area contributed by atoms with E-state index in [0.717, 1.165) is 18.3 Å². The van der Waals surface area contributed by atoms with Crippen LogP contribution >= 0.6 is 0 Å². The smallest absolute Gasteiger partial charge is 0.119 e. The third-order valence-electron chi connectivity index (χ3n) is 3.81. The van der Waals surface area contributed by atoms with Crippen LogP contribution in [-0.4, -0.2) is 13.7 Å². The molecule has 0 aromatic heterocycles. The van der Waals surface area contributed by atoms with E-state index >= 15 is 0 Å². The van der Waals surface area contributed by atoms with E-state index in [9.17, 15) is 0 Å². The highest BCUT2D eigenvalue weighted by Gasteiger charge is 2.04. The molecule has 1 aromatic carbocycles. The van der Waals surface area contributed by atoms with Crippen LogP contribution in [0.15, 0.2) is 36.6 Å². The average molecular weight is 351 g/mol. The van der Waals surface area contributed by atoms with Crippen molar-refractivity contribution in [3.63, 3.8) is 0 Å². The number of allylic oxidation sites excluding steroid dienone is 1. The highest BCUT2D eigenvalue weighted by Crippen LogP contribution is 2.18. The highest BCUT2D eigenvalue weighted by atomic mass is 16.5. The quantitative estimate of drug-likeness (QED) is 0.320. The number of benzene rings is 1. The minimum atomic E-state index is 0.853. The Morgan fingerprint density at radius 1 is 1.08 bits per heavy atom. The fourth-order valence-corrected chi connectivity index (χ4v) is 2.53. The molecule has 0 bridgehead atoms. The Labute approximate surface area is 157 Å². The standard InChI is InChI=1S/C17H28O.C4H8O.C2H6/c1-4-9-16(5-2)11-6-7-13-18-17-12-8-10-15(3)14-17;1-3-4-5-2;1-2/h8,10,12,14,16H,4-7,9,11,13H2,1-3H3;3-4H,1-2H3;1-2H3/b;4-3+;. The van der Waals surface area contributed by atoms with Gasteiger partial charge in [0.2, 0.25) is 0 Å². The first-order valence-electron chi connectivity index (χ1n) is 10.0. The molecule has 0 saturated carbocycles. The summed E-state index contributed by atoms with van der Waals surface area (Å²) < 4.78 is 10.3. The number of methoxy groups -OCH3 is 1. The van der Waals surface area contributed by atoms with Gasteiger partial charge >= 0.3 is 0 Å². The van der Waals surface area contributed by atoms with Gasteiger partial charge in [0, 0.05) is 0 Å². The molecule has 2 heteroatoms. The summed E-state index contributed by atoms with van der Waals surface area (Å²) in [5.41, 5.74) is 1.27. The lowest BCUT2D eigenvalue weighted by molar-refractivity contribution is 0.295. The topological polar surface area (TPSA) is 18.5 Å². The minimum Gasteiger partial charge on any atom is -0.505 e. The van der Waals surface area contributed by atoms with Crippen LogP contribution in [-0.2, 0) is 4.74 Å². The Balaban J connectivity index is 0. The molecule has 1 aromatic rings. The molecular formula is C23H42O2. The van der Waals surface area contributed by atoms with Crippen LogP contribution in [0.2, 0.25) is 0 Å². The summed E-state index contributed by atoms with van der Waals surface area (Å²) in [4.78, 5) is 0. The molecule has 0 saturated heterocycles. The summed E-state index contributed by atoms with van der Waals surface area (Å²) in [6.07, 6.45) is 11.3. The van der Waals surface area contributed by atoms with E-state index in [1.165, 1.54) is 44.1 Å². The first-order valence-corrected chi connectivity index (χ1v) is 10.0. The van der Waals surface area contributed by atoms with Gasteiger partial charge in [0.15, 0.2) is 0 Å². The fraction of sp³-hybridized carbons (Fsp3) is 0.652. The fourth-order valence-electron chi connectivity index (χ4n) is 2.53. The van der Waals surface area contributed by atoms with E-state index in [4.69, 9.17) is 4.74 Å². The molecular weight excluding hydrogens is 308 g/mol. The summed E-state index contributed by atoms with van der Waals surface area (Å²) in [6.45, 7) is 13.5. The first-order chi connectivity index (χ1) is 12.2. The van der Waals surface area contributed by atoms with E-state index in [1.807, 2.05) is 32.9 Å². The van der Waals surface area contributed by atoms with Crippen molar-refractivity contribution < 1.29 is 9.47 Å². The Morgan fingerprint density at radius 2 is 1.80 bits per heavy atom. The van der Waals surface area contributed by atoms with Gasteiger partial charge in [-0.15, -0.1) is 0 Å². The molecule has 0 heterocycles. The third kappa shape index (κ3) is 17.2. The van der Waals surface area contributed by atoms with E-state index in [-0.39, 0.29) is 0 Å². The van der Waals surface area contributed by atoms with Crippen molar-refractivity contribution in [2.75, 3.05) is 13.7 Å². The normalized spacial score (nSPS) is 11.0. The molecule has 1 unspecified atom stereocenters. The van der Waals surface area contributed by atoms with Gasteiger partial charge in [-0.3, -0.25) is 0 Å². The molecule has 2 nitrogen and oxygen atoms in total. The van der Waals surface area contributed by atoms with Gasteiger partial charge < -0.3 is 9.47 Å². The summed E-state index contributed by atoms with van der Waals surface area (Å²) in [5, 5.41) is 0. The molecule has 0 aliphatic carbocycles. The number of ether oxygens (including phenoxy) is 2. The van der Waals surface area contributed by atoms with Gasteiger partial charge in [-0.05, 0) is 50.3 Å². The Kier molecular flexibility index (Phi) is 21.3. The van der Waals surface area contributed by atoms with Crippen LogP contribution in [0.1, 0.15) is 78.7 Å². The molecule has 0 aliphatic rings. The van der Waals surface area contributed by atoms with Crippen LogP contribution in [0.5, 0.6) is 5.75 Å². The predicted molar refractivity (Wildman–Crippen MR) is 112 cm³/mol. The van der Waals surface area contributed by atoms with Crippen LogP contribution < -0.4 is 4.74 Å². The Bertz CT molecular complexity index is 399. The van der Waals surface area contributed by atoms with Crippen LogP contribution in [0.3, 0.4) is 0 Å². The molecule has 0 fully saturated rings. The summed E-state index contributed by atoms with van der Waals surface area (Å²) in [7, 11) is 1.62. The molecule has 0 radical (unpaired) electrons. The van der Waals surface area contributed by atoms with Gasteiger partial charge in [-0.2, -0.15) is 0 Å². The highest BCUT2D eigenvalue weighted by molar-refractivity contribution is 5.27. The number of unbranched alkanes of at least 4 members (excludes halogenated alkanes) is 1. The lowest BCUT2D eigenvalue weighted by atomic mass is 9.95. The van der Waals surface area contributed by atoms with Crippen LogP contribution in [0.4, 0.5) is 0 Å². The van der Waals surface area contributed by atoms with E-state index in [0.29, 0.717) is 0 Å². The molecule has 25 heavy (non-hydrogen) atoms. The molecule has 1 atom stereocenters.